The third-order valence-electron chi connectivity index (χ3n) is 1.82. The van der Waals surface area contributed by atoms with E-state index in [1.807, 2.05) is 13.8 Å². The van der Waals surface area contributed by atoms with Crippen molar-refractivity contribution in [1.29, 1.82) is 0 Å². The number of aromatic nitrogens is 2. The van der Waals surface area contributed by atoms with Gasteiger partial charge in [-0.15, -0.1) is 0 Å². The minimum atomic E-state index is -0.0423. The second-order valence-corrected chi connectivity index (χ2v) is 3.98. The number of anilines is 1. The fraction of sp³-hybridized carbons (Fsp3) is 0.556. The van der Waals surface area contributed by atoms with Gasteiger partial charge in [-0.1, -0.05) is 6.92 Å². The Hall–Kier alpha value is -0.430. The SMILES string of the molecule is CCOC(CC)c1ncc(I)c(N)n1. The highest BCUT2D eigenvalue weighted by atomic mass is 127. The van der Waals surface area contributed by atoms with Crippen molar-refractivity contribution in [3.8, 4) is 0 Å². The lowest BCUT2D eigenvalue weighted by Gasteiger charge is -2.13. The van der Waals surface area contributed by atoms with Crippen LogP contribution in [0.4, 0.5) is 5.82 Å². The Morgan fingerprint density at radius 1 is 1.57 bits per heavy atom. The van der Waals surface area contributed by atoms with Crippen LogP contribution in [-0.2, 0) is 4.74 Å². The minimum absolute atomic E-state index is 0.0423. The van der Waals surface area contributed by atoms with Crippen LogP contribution in [0.5, 0.6) is 0 Å². The van der Waals surface area contributed by atoms with Crippen LogP contribution in [0.25, 0.3) is 0 Å². The minimum Gasteiger partial charge on any atom is -0.383 e. The summed E-state index contributed by atoms with van der Waals surface area (Å²) in [7, 11) is 0. The molecule has 1 rings (SSSR count). The van der Waals surface area contributed by atoms with Gasteiger partial charge < -0.3 is 10.5 Å². The van der Waals surface area contributed by atoms with E-state index in [0.717, 1.165) is 9.99 Å². The van der Waals surface area contributed by atoms with E-state index in [0.29, 0.717) is 18.2 Å². The first-order valence-corrected chi connectivity index (χ1v) is 5.66. The fourth-order valence-corrected chi connectivity index (χ4v) is 1.39. The van der Waals surface area contributed by atoms with Crippen LogP contribution >= 0.6 is 22.6 Å². The quantitative estimate of drug-likeness (QED) is 0.866. The first kappa shape index (κ1) is 11.6. The molecule has 1 heterocycles. The van der Waals surface area contributed by atoms with E-state index in [2.05, 4.69) is 32.6 Å². The maximum Gasteiger partial charge on any atom is 0.159 e. The van der Waals surface area contributed by atoms with E-state index in [1.165, 1.54) is 0 Å². The van der Waals surface area contributed by atoms with E-state index < -0.39 is 0 Å². The Morgan fingerprint density at radius 3 is 2.79 bits per heavy atom. The Labute approximate surface area is 97.4 Å². The Bertz CT molecular complexity index is 306. The van der Waals surface area contributed by atoms with Crippen molar-refractivity contribution >= 4 is 28.4 Å². The summed E-state index contributed by atoms with van der Waals surface area (Å²) in [6, 6.07) is 0. The van der Waals surface area contributed by atoms with Gasteiger partial charge in [0.25, 0.3) is 0 Å². The molecule has 0 aliphatic carbocycles. The average molecular weight is 307 g/mol. The molecule has 78 valence electrons. The highest BCUT2D eigenvalue weighted by Crippen LogP contribution is 2.19. The van der Waals surface area contributed by atoms with E-state index in [9.17, 15) is 0 Å². The van der Waals surface area contributed by atoms with Gasteiger partial charge in [0.1, 0.15) is 11.9 Å². The molecule has 5 heteroatoms. The molecule has 0 aliphatic rings. The highest BCUT2D eigenvalue weighted by molar-refractivity contribution is 14.1. The third kappa shape index (κ3) is 2.78. The number of nitrogens with two attached hydrogens (primary N) is 1. The predicted molar refractivity (Wildman–Crippen MR) is 63.8 cm³/mol. The summed E-state index contributed by atoms with van der Waals surface area (Å²) in [5.41, 5.74) is 5.70. The molecule has 4 nitrogen and oxygen atoms in total. The summed E-state index contributed by atoms with van der Waals surface area (Å²) < 4.78 is 6.36. The van der Waals surface area contributed by atoms with Gasteiger partial charge in [-0.25, -0.2) is 9.97 Å². The molecule has 0 fully saturated rings. The summed E-state index contributed by atoms with van der Waals surface area (Å²) in [5.74, 6) is 1.20. The molecule has 0 bridgehead atoms. The Balaban J connectivity index is 2.88. The van der Waals surface area contributed by atoms with E-state index in [-0.39, 0.29) is 6.10 Å². The van der Waals surface area contributed by atoms with E-state index in [1.54, 1.807) is 6.20 Å². The van der Waals surface area contributed by atoms with Crippen LogP contribution in [0, 0.1) is 3.57 Å². The van der Waals surface area contributed by atoms with Gasteiger partial charge in [0, 0.05) is 12.8 Å². The van der Waals surface area contributed by atoms with Crippen LogP contribution < -0.4 is 5.73 Å². The maximum absolute atomic E-state index is 5.70. The summed E-state index contributed by atoms with van der Waals surface area (Å²) in [4.78, 5) is 8.40. The molecule has 0 radical (unpaired) electrons. The summed E-state index contributed by atoms with van der Waals surface area (Å²) in [6.45, 7) is 4.66. The molecular weight excluding hydrogens is 293 g/mol. The monoisotopic (exact) mass is 307 g/mol. The van der Waals surface area contributed by atoms with E-state index >= 15 is 0 Å². The normalized spacial score (nSPS) is 12.8. The van der Waals surface area contributed by atoms with Crippen molar-refractivity contribution in [2.45, 2.75) is 26.4 Å². The van der Waals surface area contributed by atoms with Gasteiger partial charge in [0.05, 0.1) is 3.57 Å². The molecule has 14 heavy (non-hydrogen) atoms. The zero-order valence-corrected chi connectivity index (χ0v) is 10.5. The summed E-state index contributed by atoms with van der Waals surface area (Å²) in [5, 5.41) is 0. The summed E-state index contributed by atoms with van der Waals surface area (Å²) >= 11 is 2.11. The van der Waals surface area contributed by atoms with Crippen molar-refractivity contribution in [3.63, 3.8) is 0 Å². The number of hydrogen-bond donors (Lipinski definition) is 1. The zero-order valence-electron chi connectivity index (χ0n) is 8.33. The molecule has 0 aromatic carbocycles. The van der Waals surface area contributed by atoms with Crippen molar-refractivity contribution in [3.05, 3.63) is 15.6 Å². The summed E-state index contributed by atoms with van der Waals surface area (Å²) in [6.07, 6.45) is 2.53. The Morgan fingerprint density at radius 2 is 2.29 bits per heavy atom. The second-order valence-electron chi connectivity index (χ2n) is 2.81. The van der Waals surface area contributed by atoms with Crippen LogP contribution in [0.15, 0.2) is 6.20 Å². The third-order valence-corrected chi connectivity index (χ3v) is 2.65. The lowest BCUT2D eigenvalue weighted by Crippen LogP contribution is -2.10. The smallest absolute Gasteiger partial charge is 0.159 e. The number of hydrogen-bond acceptors (Lipinski definition) is 4. The van der Waals surface area contributed by atoms with Gasteiger partial charge >= 0.3 is 0 Å². The molecule has 1 aromatic heterocycles. The lowest BCUT2D eigenvalue weighted by atomic mass is 10.2. The number of ether oxygens (including phenoxy) is 1. The van der Waals surface area contributed by atoms with Crippen molar-refractivity contribution in [2.24, 2.45) is 0 Å². The average Bonchev–Trinajstić information content (AvgIpc) is 2.19. The number of halogens is 1. The molecule has 0 spiro atoms. The van der Waals surface area contributed by atoms with E-state index in [4.69, 9.17) is 10.5 Å². The predicted octanol–water partition coefficient (Wildman–Crippen LogP) is 2.15. The lowest BCUT2D eigenvalue weighted by molar-refractivity contribution is 0.0535. The second kappa shape index (κ2) is 5.45. The maximum atomic E-state index is 5.70. The first-order valence-electron chi connectivity index (χ1n) is 4.58. The molecule has 1 unspecified atom stereocenters. The largest absolute Gasteiger partial charge is 0.383 e. The molecule has 1 aromatic rings. The molecule has 0 amide bonds. The number of nitrogens with zero attached hydrogens (tertiary/aromatic N) is 2. The molecule has 0 saturated carbocycles. The Kier molecular flexibility index (Phi) is 4.53. The first-order chi connectivity index (χ1) is 6.69. The van der Waals surface area contributed by atoms with Gasteiger partial charge in [0.15, 0.2) is 5.82 Å². The van der Waals surface area contributed by atoms with Gasteiger partial charge in [-0.2, -0.15) is 0 Å². The topological polar surface area (TPSA) is 61.0 Å². The van der Waals surface area contributed by atoms with Crippen LogP contribution in [-0.4, -0.2) is 16.6 Å². The molecule has 2 N–H and O–H groups in total. The number of nitrogen functional groups attached to an aromatic ring is 1. The molecule has 0 saturated heterocycles. The van der Waals surface area contributed by atoms with Crippen LogP contribution in [0.1, 0.15) is 32.2 Å². The van der Waals surface area contributed by atoms with Gasteiger partial charge in [-0.3, -0.25) is 0 Å². The standard InChI is InChI=1S/C9H14IN3O/c1-3-7(14-4-2)9-12-5-6(10)8(11)13-9/h5,7H,3-4H2,1-2H3,(H2,11,12,13). The fourth-order valence-electron chi connectivity index (χ4n) is 1.13. The molecular formula is C9H14IN3O. The van der Waals surface area contributed by atoms with Crippen LogP contribution in [0.2, 0.25) is 0 Å². The van der Waals surface area contributed by atoms with Crippen molar-refractivity contribution in [1.82, 2.24) is 9.97 Å². The molecule has 1 atom stereocenters. The van der Waals surface area contributed by atoms with Gasteiger partial charge in [-0.05, 0) is 35.9 Å². The van der Waals surface area contributed by atoms with Crippen molar-refractivity contribution in [2.75, 3.05) is 12.3 Å². The molecule has 0 aliphatic heterocycles. The van der Waals surface area contributed by atoms with Gasteiger partial charge in [0.2, 0.25) is 0 Å². The van der Waals surface area contributed by atoms with Crippen molar-refractivity contribution < 1.29 is 4.74 Å². The zero-order chi connectivity index (χ0) is 10.6. The highest BCUT2D eigenvalue weighted by Gasteiger charge is 2.13. The number of rotatable bonds is 4. The van der Waals surface area contributed by atoms with Crippen LogP contribution in [0.3, 0.4) is 0 Å².